The zero-order valence-electron chi connectivity index (χ0n) is 20.0. The number of fused-ring (bicyclic) bond motifs is 1. The molecule has 0 unspecified atom stereocenters. The molecule has 0 bridgehead atoms. The minimum atomic E-state index is -0.903. The summed E-state index contributed by atoms with van der Waals surface area (Å²) >= 11 is 9.69. The maximum Gasteiger partial charge on any atom is 0.347 e. The number of nitrogens with zero attached hydrogens (tertiary/aromatic N) is 3. The van der Waals surface area contributed by atoms with Gasteiger partial charge in [0.1, 0.15) is 5.82 Å². The van der Waals surface area contributed by atoms with Crippen LogP contribution in [0.25, 0.3) is 10.9 Å². The number of aromatic nitrogens is 2. The zero-order valence-corrected chi connectivity index (χ0v) is 22.4. The molecule has 0 aliphatic rings. The Kier molecular flexibility index (Phi) is 9.28. The van der Waals surface area contributed by atoms with Gasteiger partial charge in [0.2, 0.25) is 0 Å². The molecule has 0 aliphatic heterocycles. The number of hydrogen-bond donors (Lipinski definition) is 0. The van der Waals surface area contributed by atoms with Crippen LogP contribution in [0.4, 0.5) is 0 Å². The molecular weight excluding hydrogens is 538 g/mol. The molecule has 186 valence electrons. The molecular formula is C25H27BrClN3O5. The van der Waals surface area contributed by atoms with Gasteiger partial charge in [-0.3, -0.25) is 4.79 Å². The monoisotopic (exact) mass is 563 g/mol. The average Bonchev–Trinajstić information content (AvgIpc) is 2.83. The van der Waals surface area contributed by atoms with E-state index < -0.39 is 12.1 Å². The Morgan fingerprint density at radius 2 is 2.06 bits per heavy atom. The number of ether oxygens (including phenoxy) is 3. The number of benzene rings is 2. The minimum absolute atomic E-state index is 0.229. The fourth-order valence-electron chi connectivity index (χ4n) is 3.38. The van der Waals surface area contributed by atoms with Gasteiger partial charge in [-0.15, -0.1) is 0 Å². The summed E-state index contributed by atoms with van der Waals surface area (Å²) in [7, 11) is 1.47. The second kappa shape index (κ2) is 12.2. The van der Waals surface area contributed by atoms with Crippen LogP contribution in [0.5, 0.6) is 11.5 Å². The summed E-state index contributed by atoms with van der Waals surface area (Å²) in [4.78, 5) is 30.2. The number of esters is 1. The van der Waals surface area contributed by atoms with E-state index in [-0.39, 0.29) is 17.9 Å². The van der Waals surface area contributed by atoms with Crippen LogP contribution >= 0.6 is 27.5 Å². The predicted octanol–water partition coefficient (Wildman–Crippen LogP) is 5.38. The van der Waals surface area contributed by atoms with Crippen LogP contribution in [0.3, 0.4) is 0 Å². The van der Waals surface area contributed by atoms with Gasteiger partial charge in [-0.05, 0) is 44.5 Å². The maximum atomic E-state index is 13.3. The van der Waals surface area contributed by atoms with Crippen molar-refractivity contribution in [3.8, 4) is 11.5 Å². The molecule has 0 spiro atoms. The minimum Gasteiger partial charge on any atom is -0.493 e. The van der Waals surface area contributed by atoms with E-state index in [0.717, 1.165) is 17.3 Å². The largest absolute Gasteiger partial charge is 0.493 e. The standard InChI is InChI=1S/C25H27BrClN3O5/c1-5-7-8-22-29-20-10-9-17(26)12-19(20)24(31)30(22)28-14-16-11-18(27)13-21(33-4)23(16)35-15(3)25(32)34-6-2/h9-15H,5-8H2,1-4H3/t15-/m0/s1. The molecule has 8 nitrogen and oxygen atoms in total. The molecule has 0 saturated heterocycles. The van der Waals surface area contributed by atoms with E-state index in [1.165, 1.54) is 18.0 Å². The molecule has 1 heterocycles. The van der Waals surface area contributed by atoms with Crippen molar-refractivity contribution < 1.29 is 19.0 Å². The molecule has 0 aliphatic carbocycles. The first-order valence-electron chi connectivity index (χ1n) is 11.2. The van der Waals surface area contributed by atoms with Crippen molar-refractivity contribution in [3.63, 3.8) is 0 Å². The van der Waals surface area contributed by atoms with Crippen molar-refractivity contribution in [1.82, 2.24) is 9.66 Å². The Hall–Kier alpha value is -2.91. The molecule has 2 aromatic carbocycles. The van der Waals surface area contributed by atoms with Gasteiger partial charge in [0.25, 0.3) is 5.56 Å². The van der Waals surface area contributed by atoms with Crippen LogP contribution in [-0.2, 0) is 16.0 Å². The second-order valence-electron chi connectivity index (χ2n) is 7.69. The number of carbonyl (C=O) groups is 1. The van der Waals surface area contributed by atoms with Crippen molar-refractivity contribution in [2.45, 2.75) is 46.1 Å². The van der Waals surface area contributed by atoms with E-state index >= 15 is 0 Å². The lowest BCUT2D eigenvalue weighted by molar-refractivity contribution is -0.150. The smallest absolute Gasteiger partial charge is 0.347 e. The molecule has 1 aromatic heterocycles. The molecule has 0 radical (unpaired) electrons. The molecule has 3 aromatic rings. The lowest BCUT2D eigenvalue weighted by Crippen LogP contribution is -2.26. The van der Waals surface area contributed by atoms with Crippen LogP contribution in [-0.4, -0.2) is 41.7 Å². The quantitative estimate of drug-likeness (QED) is 0.243. The third kappa shape index (κ3) is 6.41. The topological polar surface area (TPSA) is 92.0 Å². The van der Waals surface area contributed by atoms with Crippen LogP contribution < -0.4 is 15.0 Å². The molecule has 3 rings (SSSR count). The predicted molar refractivity (Wildman–Crippen MR) is 140 cm³/mol. The van der Waals surface area contributed by atoms with Gasteiger partial charge in [-0.2, -0.15) is 9.78 Å². The Bertz CT molecular complexity index is 1310. The highest BCUT2D eigenvalue weighted by Gasteiger charge is 2.21. The number of carbonyl (C=O) groups excluding carboxylic acids is 1. The molecule has 0 saturated carbocycles. The Morgan fingerprint density at radius 3 is 2.74 bits per heavy atom. The lowest BCUT2D eigenvalue weighted by atomic mass is 10.2. The van der Waals surface area contributed by atoms with Gasteiger partial charge < -0.3 is 14.2 Å². The van der Waals surface area contributed by atoms with E-state index in [0.29, 0.717) is 39.5 Å². The van der Waals surface area contributed by atoms with Gasteiger partial charge in [0.15, 0.2) is 17.6 Å². The summed E-state index contributed by atoms with van der Waals surface area (Å²) in [5.41, 5.74) is 0.732. The molecule has 10 heteroatoms. The van der Waals surface area contributed by atoms with E-state index in [2.05, 4.69) is 32.9 Å². The lowest BCUT2D eigenvalue weighted by Gasteiger charge is -2.18. The summed E-state index contributed by atoms with van der Waals surface area (Å²) < 4.78 is 18.4. The number of unbranched alkanes of at least 4 members (excludes halogenated alkanes) is 1. The van der Waals surface area contributed by atoms with Gasteiger partial charge in [0.05, 0.1) is 30.8 Å². The summed E-state index contributed by atoms with van der Waals surface area (Å²) in [6.07, 6.45) is 2.91. The van der Waals surface area contributed by atoms with Crippen molar-refractivity contribution in [1.29, 1.82) is 0 Å². The normalized spacial score (nSPS) is 12.2. The van der Waals surface area contributed by atoms with E-state index in [1.54, 1.807) is 38.1 Å². The third-order valence-electron chi connectivity index (χ3n) is 5.12. The number of rotatable bonds is 10. The van der Waals surface area contributed by atoms with Gasteiger partial charge in [0, 0.05) is 27.5 Å². The Balaban J connectivity index is 2.12. The summed E-state index contributed by atoms with van der Waals surface area (Å²) in [5, 5.41) is 5.28. The number of aryl methyl sites for hydroxylation is 1. The summed E-state index contributed by atoms with van der Waals surface area (Å²) in [6, 6.07) is 8.55. The summed E-state index contributed by atoms with van der Waals surface area (Å²) in [6.45, 7) is 5.59. The molecule has 0 fully saturated rings. The van der Waals surface area contributed by atoms with Crippen molar-refractivity contribution in [2.24, 2.45) is 5.10 Å². The van der Waals surface area contributed by atoms with Gasteiger partial charge in [-0.25, -0.2) is 9.78 Å². The SMILES string of the molecule is CCCCc1nc2ccc(Br)cc2c(=O)n1N=Cc1cc(Cl)cc(OC)c1O[C@@H](C)C(=O)OCC. The van der Waals surface area contributed by atoms with Crippen molar-refractivity contribution >= 4 is 50.6 Å². The highest BCUT2D eigenvalue weighted by molar-refractivity contribution is 9.10. The third-order valence-corrected chi connectivity index (χ3v) is 5.83. The first-order valence-corrected chi connectivity index (χ1v) is 12.4. The van der Waals surface area contributed by atoms with Crippen molar-refractivity contribution in [3.05, 3.63) is 61.6 Å². The van der Waals surface area contributed by atoms with E-state index in [9.17, 15) is 9.59 Å². The molecule has 0 N–H and O–H groups in total. The van der Waals surface area contributed by atoms with Gasteiger partial charge >= 0.3 is 5.97 Å². The first-order chi connectivity index (χ1) is 16.8. The summed E-state index contributed by atoms with van der Waals surface area (Å²) in [5.74, 6) is 0.587. The second-order valence-corrected chi connectivity index (χ2v) is 9.05. The van der Waals surface area contributed by atoms with E-state index in [4.69, 9.17) is 25.8 Å². The highest BCUT2D eigenvalue weighted by Crippen LogP contribution is 2.35. The molecule has 1 atom stereocenters. The number of methoxy groups -OCH3 is 1. The Morgan fingerprint density at radius 1 is 1.29 bits per heavy atom. The number of hydrogen-bond acceptors (Lipinski definition) is 7. The fraction of sp³-hybridized carbons (Fsp3) is 0.360. The van der Waals surface area contributed by atoms with Gasteiger partial charge in [-0.1, -0.05) is 40.9 Å². The fourth-order valence-corrected chi connectivity index (χ4v) is 3.96. The van der Waals surface area contributed by atoms with Crippen LogP contribution in [0, 0.1) is 0 Å². The van der Waals surface area contributed by atoms with Crippen molar-refractivity contribution in [2.75, 3.05) is 13.7 Å². The zero-order chi connectivity index (χ0) is 25.5. The molecule has 0 amide bonds. The molecule has 35 heavy (non-hydrogen) atoms. The van der Waals surface area contributed by atoms with Crippen LogP contribution in [0.1, 0.15) is 45.0 Å². The van der Waals surface area contributed by atoms with Crippen LogP contribution in [0.15, 0.2) is 44.7 Å². The van der Waals surface area contributed by atoms with E-state index in [1.807, 2.05) is 6.07 Å². The Labute approximate surface area is 217 Å². The van der Waals surface area contributed by atoms with Crippen LogP contribution in [0.2, 0.25) is 5.02 Å². The first kappa shape index (κ1) is 26.7. The maximum absolute atomic E-state index is 13.3. The highest BCUT2D eigenvalue weighted by atomic mass is 79.9. The average molecular weight is 565 g/mol. The number of halogens is 2.